The summed E-state index contributed by atoms with van der Waals surface area (Å²) in [5, 5.41) is 0. The average Bonchev–Trinajstić information content (AvgIpc) is 2.24. The van der Waals surface area contributed by atoms with Gasteiger partial charge in [-0.1, -0.05) is 42.5 Å². The van der Waals surface area contributed by atoms with Crippen molar-refractivity contribution in [3.63, 3.8) is 0 Å². The van der Waals surface area contributed by atoms with Gasteiger partial charge in [0.05, 0.1) is 0 Å². The van der Waals surface area contributed by atoms with Crippen LogP contribution in [0.1, 0.15) is 18.9 Å². The molecule has 1 aromatic rings. The van der Waals surface area contributed by atoms with E-state index in [1.165, 1.54) is 12.5 Å². The fourth-order valence-electron chi connectivity index (χ4n) is 1.25. The van der Waals surface area contributed by atoms with E-state index in [4.69, 9.17) is 4.74 Å². The van der Waals surface area contributed by atoms with Crippen molar-refractivity contribution in [2.45, 2.75) is 19.8 Å². The van der Waals surface area contributed by atoms with E-state index in [2.05, 4.69) is 12.1 Å². The highest BCUT2D eigenvalue weighted by Crippen LogP contribution is 2.02. The molecule has 0 unspecified atom stereocenters. The van der Waals surface area contributed by atoms with Crippen LogP contribution in [-0.2, 0) is 16.0 Å². The Kier molecular flexibility index (Phi) is 5.23. The van der Waals surface area contributed by atoms with Gasteiger partial charge in [0.15, 0.2) is 0 Å². The maximum absolute atomic E-state index is 10.4. The van der Waals surface area contributed by atoms with Crippen LogP contribution >= 0.6 is 0 Å². The number of aryl methyl sites for hydroxylation is 1. The van der Waals surface area contributed by atoms with Crippen molar-refractivity contribution in [3.05, 3.63) is 48.0 Å². The molecule has 1 aromatic carbocycles. The number of ether oxygens (including phenoxy) is 1. The zero-order chi connectivity index (χ0) is 10.9. The molecule has 1 rings (SSSR count). The van der Waals surface area contributed by atoms with Crippen LogP contribution in [0.4, 0.5) is 0 Å². The number of rotatable bonds is 5. The Morgan fingerprint density at radius 1 is 1.27 bits per heavy atom. The van der Waals surface area contributed by atoms with Crippen molar-refractivity contribution in [1.29, 1.82) is 0 Å². The highest BCUT2D eigenvalue weighted by Gasteiger charge is 1.89. The number of allylic oxidation sites excluding steroid dienone is 1. The predicted molar refractivity (Wildman–Crippen MR) is 60.5 cm³/mol. The number of esters is 1. The maximum Gasteiger partial charge on any atom is 0.302 e. The summed E-state index contributed by atoms with van der Waals surface area (Å²) in [4.78, 5) is 10.4. The number of benzene rings is 1. The molecule has 0 amide bonds. The van der Waals surface area contributed by atoms with Gasteiger partial charge in [0, 0.05) is 6.92 Å². The van der Waals surface area contributed by atoms with Gasteiger partial charge in [-0.25, -0.2) is 0 Å². The van der Waals surface area contributed by atoms with E-state index in [-0.39, 0.29) is 5.97 Å². The number of carbonyl (C=O) groups excluding carboxylic acids is 1. The smallest absolute Gasteiger partial charge is 0.302 e. The molecule has 80 valence electrons. The Hall–Kier alpha value is -1.57. The van der Waals surface area contributed by atoms with E-state index in [9.17, 15) is 4.79 Å². The van der Waals surface area contributed by atoms with E-state index in [0.717, 1.165) is 12.8 Å². The Labute approximate surface area is 90.6 Å². The minimum absolute atomic E-state index is 0.234. The first-order chi connectivity index (χ1) is 7.29. The molecule has 0 aliphatic heterocycles. The third-order valence-corrected chi connectivity index (χ3v) is 1.99. The fourth-order valence-corrected chi connectivity index (χ4v) is 1.25. The first kappa shape index (κ1) is 11.5. The summed E-state index contributed by atoms with van der Waals surface area (Å²) in [6.07, 6.45) is 5.92. The number of carbonyl (C=O) groups is 1. The zero-order valence-electron chi connectivity index (χ0n) is 8.98. The van der Waals surface area contributed by atoms with Crippen molar-refractivity contribution in [1.82, 2.24) is 0 Å². The van der Waals surface area contributed by atoms with E-state index in [1.54, 1.807) is 0 Å². The van der Waals surface area contributed by atoms with Crippen LogP contribution in [0.15, 0.2) is 42.5 Å². The average molecular weight is 204 g/mol. The summed E-state index contributed by atoms with van der Waals surface area (Å²) in [5.41, 5.74) is 1.33. The van der Waals surface area contributed by atoms with E-state index in [0.29, 0.717) is 6.61 Å². The summed E-state index contributed by atoms with van der Waals surface area (Å²) in [7, 11) is 0. The fraction of sp³-hybridized carbons (Fsp3) is 0.308. The second kappa shape index (κ2) is 6.82. The minimum Gasteiger partial charge on any atom is -0.462 e. The van der Waals surface area contributed by atoms with Gasteiger partial charge >= 0.3 is 5.97 Å². The summed E-state index contributed by atoms with van der Waals surface area (Å²) in [6, 6.07) is 10.3. The van der Waals surface area contributed by atoms with Crippen molar-refractivity contribution < 1.29 is 9.53 Å². The molecule has 2 heteroatoms. The number of hydrogen-bond donors (Lipinski definition) is 0. The monoisotopic (exact) mass is 204 g/mol. The highest BCUT2D eigenvalue weighted by molar-refractivity contribution is 5.65. The van der Waals surface area contributed by atoms with Crippen LogP contribution in [-0.4, -0.2) is 12.6 Å². The van der Waals surface area contributed by atoms with Crippen molar-refractivity contribution >= 4 is 5.97 Å². The van der Waals surface area contributed by atoms with Crippen LogP contribution in [0, 0.1) is 0 Å². The standard InChI is InChI=1S/C13H16O2/c1-12(14)15-11-7-3-6-10-13-8-4-2-5-9-13/h2-5,7-9H,6,10-11H2,1H3/b7-3+. The molecule has 0 spiro atoms. The molecule has 0 bridgehead atoms. The lowest BCUT2D eigenvalue weighted by atomic mass is 10.1. The third kappa shape index (κ3) is 5.68. The van der Waals surface area contributed by atoms with Gasteiger partial charge in [0.2, 0.25) is 0 Å². The van der Waals surface area contributed by atoms with E-state index >= 15 is 0 Å². The molecule has 0 aliphatic carbocycles. The molecule has 0 heterocycles. The first-order valence-corrected chi connectivity index (χ1v) is 5.11. The van der Waals surface area contributed by atoms with Crippen LogP contribution in [0.5, 0.6) is 0 Å². The molecule has 0 atom stereocenters. The minimum atomic E-state index is -0.234. The lowest BCUT2D eigenvalue weighted by molar-refractivity contribution is -0.139. The van der Waals surface area contributed by atoms with Crippen molar-refractivity contribution in [2.75, 3.05) is 6.61 Å². The second-order valence-electron chi connectivity index (χ2n) is 3.30. The quantitative estimate of drug-likeness (QED) is 0.544. The second-order valence-corrected chi connectivity index (χ2v) is 3.30. The van der Waals surface area contributed by atoms with Gasteiger partial charge in [-0.3, -0.25) is 4.79 Å². The Bertz CT molecular complexity index is 315. The van der Waals surface area contributed by atoms with Gasteiger partial charge in [-0.15, -0.1) is 0 Å². The maximum atomic E-state index is 10.4. The van der Waals surface area contributed by atoms with Crippen molar-refractivity contribution in [3.8, 4) is 0 Å². The molecular formula is C13H16O2. The molecular weight excluding hydrogens is 188 g/mol. The largest absolute Gasteiger partial charge is 0.462 e. The topological polar surface area (TPSA) is 26.3 Å². The highest BCUT2D eigenvalue weighted by atomic mass is 16.5. The summed E-state index contributed by atoms with van der Waals surface area (Å²) in [5.74, 6) is -0.234. The van der Waals surface area contributed by atoms with E-state index in [1.807, 2.05) is 30.4 Å². The van der Waals surface area contributed by atoms with Gasteiger partial charge in [-0.05, 0) is 18.4 Å². The van der Waals surface area contributed by atoms with Gasteiger partial charge in [0.25, 0.3) is 0 Å². The summed E-state index contributed by atoms with van der Waals surface area (Å²) in [6.45, 7) is 1.79. The van der Waals surface area contributed by atoms with Crippen LogP contribution in [0.2, 0.25) is 0 Å². The SMILES string of the molecule is CC(=O)OC/C=C/CCc1ccccc1. The lowest BCUT2D eigenvalue weighted by Crippen LogP contribution is -1.97. The lowest BCUT2D eigenvalue weighted by Gasteiger charge is -1.97. The summed E-state index contributed by atoms with van der Waals surface area (Å²) >= 11 is 0. The van der Waals surface area contributed by atoms with Crippen LogP contribution < -0.4 is 0 Å². The van der Waals surface area contributed by atoms with Gasteiger partial charge < -0.3 is 4.74 Å². The normalized spacial score (nSPS) is 10.5. The summed E-state index contributed by atoms with van der Waals surface area (Å²) < 4.78 is 4.77. The van der Waals surface area contributed by atoms with Crippen molar-refractivity contribution in [2.24, 2.45) is 0 Å². The van der Waals surface area contributed by atoms with Gasteiger partial charge in [-0.2, -0.15) is 0 Å². The van der Waals surface area contributed by atoms with Crippen LogP contribution in [0.3, 0.4) is 0 Å². The molecule has 15 heavy (non-hydrogen) atoms. The van der Waals surface area contributed by atoms with Gasteiger partial charge in [0.1, 0.15) is 6.61 Å². The Morgan fingerprint density at radius 2 is 2.00 bits per heavy atom. The number of hydrogen-bond acceptors (Lipinski definition) is 2. The Balaban J connectivity index is 2.14. The predicted octanol–water partition coefficient (Wildman–Crippen LogP) is 2.74. The molecule has 0 N–H and O–H groups in total. The zero-order valence-corrected chi connectivity index (χ0v) is 8.98. The first-order valence-electron chi connectivity index (χ1n) is 5.11. The molecule has 0 saturated carbocycles. The van der Waals surface area contributed by atoms with E-state index < -0.39 is 0 Å². The molecule has 0 aromatic heterocycles. The third-order valence-electron chi connectivity index (χ3n) is 1.99. The molecule has 0 fully saturated rings. The van der Waals surface area contributed by atoms with Crippen LogP contribution in [0.25, 0.3) is 0 Å². The molecule has 0 saturated heterocycles. The molecule has 2 nitrogen and oxygen atoms in total. The Morgan fingerprint density at radius 3 is 2.67 bits per heavy atom. The molecule has 0 radical (unpaired) electrons. The molecule has 0 aliphatic rings.